The predicted molar refractivity (Wildman–Crippen MR) is 134 cm³/mol. The van der Waals surface area contributed by atoms with Gasteiger partial charge in [0.05, 0.1) is 11.6 Å². The quantitative estimate of drug-likeness (QED) is 0.292. The SMILES string of the molecule is Cc1cc(OCc2ccccc2)ccc1C(O)=C1C(=O)C(=O)N(CCN(C)C)C1c1cccs1. The zero-order chi connectivity index (χ0) is 24.2. The van der Waals surface area contributed by atoms with Gasteiger partial charge in [0.2, 0.25) is 0 Å². The summed E-state index contributed by atoms with van der Waals surface area (Å²) < 4.78 is 5.89. The Hall–Kier alpha value is -3.42. The third-order valence-electron chi connectivity index (χ3n) is 5.84. The number of ether oxygens (including phenoxy) is 1. The smallest absolute Gasteiger partial charge is 0.295 e. The van der Waals surface area contributed by atoms with E-state index in [0.717, 1.165) is 16.0 Å². The molecule has 4 rings (SSSR count). The van der Waals surface area contributed by atoms with Gasteiger partial charge in [-0.1, -0.05) is 36.4 Å². The number of nitrogens with zero attached hydrogens (tertiary/aromatic N) is 2. The molecule has 1 atom stereocenters. The lowest BCUT2D eigenvalue weighted by molar-refractivity contribution is -0.140. The number of aryl methyl sites for hydroxylation is 1. The molecule has 1 unspecified atom stereocenters. The minimum absolute atomic E-state index is 0.132. The summed E-state index contributed by atoms with van der Waals surface area (Å²) in [5, 5.41) is 13.2. The normalized spacial score (nSPS) is 17.5. The summed E-state index contributed by atoms with van der Waals surface area (Å²) in [6.45, 7) is 3.29. The molecule has 6 nitrogen and oxygen atoms in total. The molecule has 2 heterocycles. The van der Waals surface area contributed by atoms with E-state index in [9.17, 15) is 14.7 Å². The van der Waals surface area contributed by atoms with Crippen molar-refractivity contribution in [3.63, 3.8) is 0 Å². The Morgan fingerprint density at radius 2 is 1.85 bits per heavy atom. The molecule has 0 bridgehead atoms. The molecule has 0 aliphatic carbocycles. The van der Waals surface area contributed by atoms with E-state index in [0.29, 0.717) is 31.0 Å². The van der Waals surface area contributed by atoms with Crippen molar-refractivity contribution in [1.82, 2.24) is 9.80 Å². The molecular formula is C27H28N2O4S. The highest BCUT2D eigenvalue weighted by atomic mass is 32.1. The summed E-state index contributed by atoms with van der Waals surface area (Å²) >= 11 is 1.46. The number of amides is 1. The zero-order valence-electron chi connectivity index (χ0n) is 19.5. The van der Waals surface area contributed by atoms with Crippen LogP contribution in [0.25, 0.3) is 5.76 Å². The first-order valence-electron chi connectivity index (χ1n) is 11.1. The number of ketones is 1. The molecule has 0 radical (unpaired) electrons. The van der Waals surface area contributed by atoms with Crippen LogP contribution in [0.3, 0.4) is 0 Å². The van der Waals surface area contributed by atoms with Crippen molar-refractivity contribution in [2.45, 2.75) is 19.6 Å². The highest BCUT2D eigenvalue weighted by Crippen LogP contribution is 2.41. The van der Waals surface area contributed by atoms with E-state index in [1.165, 1.54) is 11.3 Å². The van der Waals surface area contributed by atoms with Gasteiger partial charge in [0, 0.05) is 23.5 Å². The first-order chi connectivity index (χ1) is 16.4. The fourth-order valence-corrected chi connectivity index (χ4v) is 4.88. The Labute approximate surface area is 203 Å². The van der Waals surface area contributed by atoms with Gasteiger partial charge in [-0.15, -0.1) is 11.3 Å². The molecule has 7 heteroatoms. The largest absolute Gasteiger partial charge is 0.507 e. The lowest BCUT2D eigenvalue weighted by atomic mass is 9.97. The third-order valence-corrected chi connectivity index (χ3v) is 6.77. The number of carbonyl (C=O) groups excluding carboxylic acids is 2. The van der Waals surface area contributed by atoms with E-state index in [1.54, 1.807) is 17.0 Å². The molecule has 1 fully saturated rings. The van der Waals surface area contributed by atoms with Crippen LogP contribution in [0.4, 0.5) is 0 Å². The van der Waals surface area contributed by atoms with Gasteiger partial charge in [-0.25, -0.2) is 0 Å². The molecule has 2 aromatic carbocycles. The number of hydrogen-bond acceptors (Lipinski definition) is 6. The number of thiophene rings is 1. The van der Waals surface area contributed by atoms with Gasteiger partial charge in [-0.2, -0.15) is 0 Å². The van der Waals surface area contributed by atoms with Gasteiger partial charge in [0.1, 0.15) is 18.1 Å². The summed E-state index contributed by atoms with van der Waals surface area (Å²) in [5.41, 5.74) is 2.46. The molecule has 176 valence electrons. The zero-order valence-corrected chi connectivity index (χ0v) is 20.3. The summed E-state index contributed by atoms with van der Waals surface area (Å²) in [6, 6.07) is 18.4. The minimum atomic E-state index is -0.654. The molecule has 3 aromatic rings. The molecule has 1 aliphatic rings. The maximum absolute atomic E-state index is 13.1. The fourth-order valence-electron chi connectivity index (χ4n) is 4.04. The number of likely N-dealkylation sites (N-methyl/N-ethyl adjacent to an activating group) is 1. The monoisotopic (exact) mass is 476 g/mol. The van der Waals surface area contributed by atoms with Gasteiger partial charge in [-0.05, 0) is 61.8 Å². The van der Waals surface area contributed by atoms with Crippen molar-refractivity contribution in [1.29, 1.82) is 0 Å². The van der Waals surface area contributed by atoms with Crippen LogP contribution in [0.2, 0.25) is 0 Å². The van der Waals surface area contributed by atoms with Crippen LogP contribution in [0.5, 0.6) is 5.75 Å². The molecule has 1 aliphatic heterocycles. The van der Waals surface area contributed by atoms with Crippen molar-refractivity contribution < 1.29 is 19.4 Å². The minimum Gasteiger partial charge on any atom is -0.507 e. The highest BCUT2D eigenvalue weighted by Gasteiger charge is 2.46. The Morgan fingerprint density at radius 1 is 1.09 bits per heavy atom. The van der Waals surface area contributed by atoms with E-state index in [2.05, 4.69) is 0 Å². The van der Waals surface area contributed by atoms with Crippen molar-refractivity contribution in [3.05, 3.63) is 93.2 Å². The molecule has 34 heavy (non-hydrogen) atoms. The first kappa shape index (κ1) is 23.7. The van der Waals surface area contributed by atoms with Gasteiger partial charge >= 0.3 is 0 Å². The maximum atomic E-state index is 13.1. The highest BCUT2D eigenvalue weighted by molar-refractivity contribution is 7.10. The molecule has 1 N–H and O–H groups in total. The second-order valence-corrected chi connectivity index (χ2v) is 9.54. The van der Waals surface area contributed by atoms with Gasteiger partial charge in [0.25, 0.3) is 11.7 Å². The van der Waals surface area contributed by atoms with Crippen molar-refractivity contribution in [2.75, 3.05) is 27.2 Å². The van der Waals surface area contributed by atoms with E-state index in [4.69, 9.17) is 4.74 Å². The van der Waals surface area contributed by atoms with E-state index in [1.807, 2.05) is 79.8 Å². The van der Waals surface area contributed by atoms with E-state index in [-0.39, 0.29) is 11.3 Å². The van der Waals surface area contributed by atoms with Crippen molar-refractivity contribution >= 4 is 28.8 Å². The Morgan fingerprint density at radius 3 is 2.50 bits per heavy atom. The average Bonchev–Trinajstić information content (AvgIpc) is 3.44. The number of carbonyl (C=O) groups is 2. The van der Waals surface area contributed by atoms with Gasteiger partial charge in [-0.3, -0.25) is 9.59 Å². The topological polar surface area (TPSA) is 70.1 Å². The van der Waals surface area contributed by atoms with E-state index < -0.39 is 17.7 Å². The van der Waals surface area contributed by atoms with Crippen LogP contribution in [0.1, 0.15) is 27.6 Å². The molecular weight excluding hydrogens is 448 g/mol. The summed E-state index contributed by atoms with van der Waals surface area (Å²) in [6.07, 6.45) is 0. The molecule has 0 saturated carbocycles. The number of aliphatic hydroxyl groups is 1. The van der Waals surface area contributed by atoms with E-state index >= 15 is 0 Å². The number of Topliss-reactive ketones (excluding diaryl/α,β-unsaturated/α-hetero) is 1. The number of aliphatic hydroxyl groups excluding tert-OH is 1. The fraction of sp³-hybridized carbons (Fsp3) is 0.259. The van der Waals surface area contributed by atoms with Crippen LogP contribution in [-0.2, 0) is 16.2 Å². The molecule has 1 saturated heterocycles. The average molecular weight is 477 g/mol. The summed E-state index contributed by atoms with van der Waals surface area (Å²) in [5.74, 6) is -0.726. The number of benzene rings is 2. The maximum Gasteiger partial charge on any atom is 0.295 e. The summed E-state index contributed by atoms with van der Waals surface area (Å²) in [4.78, 5) is 30.4. The standard InChI is InChI=1S/C27H28N2O4S/c1-18-16-20(33-17-19-8-5-4-6-9-19)11-12-21(18)25(30)23-24(22-10-7-15-34-22)29(14-13-28(2)3)27(32)26(23)31/h4-12,15-16,24,30H,13-14,17H2,1-3H3. The van der Waals surface area contributed by atoms with Crippen LogP contribution < -0.4 is 4.74 Å². The predicted octanol–water partition coefficient (Wildman–Crippen LogP) is 4.62. The summed E-state index contributed by atoms with van der Waals surface area (Å²) in [7, 11) is 3.84. The Bertz CT molecular complexity index is 1200. The number of hydrogen-bond donors (Lipinski definition) is 1. The van der Waals surface area contributed by atoms with Crippen LogP contribution in [-0.4, -0.2) is 53.8 Å². The second-order valence-electron chi connectivity index (χ2n) is 8.56. The second kappa shape index (κ2) is 10.2. The van der Waals surface area contributed by atoms with Crippen LogP contribution in [0, 0.1) is 6.92 Å². The number of rotatable bonds is 8. The van der Waals surface area contributed by atoms with Gasteiger partial charge in [0.15, 0.2) is 0 Å². The molecule has 1 amide bonds. The first-order valence-corrected chi connectivity index (χ1v) is 12.0. The molecule has 1 aromatic heterocycles. The lowest BCUT2D eigenvalue weighted by Gasteiger charge is -2.25. The Balaban J connectivity index is 1.66. The van der Waals surface area contributed by atoms with Crippen LogP contribution in [0.15, 0.2) is 71.6 Å². The van der Waals surface area contributed by atoms with Crippen LogP contribution >= 0.6 is 11.3 Å². The van der Waals surface area contributed by atoms with Gasteiger partial charge < -0.3 is 19.6 Å². The lowest BCUT2D eigenvalue weighted by Crippen LogP contribution is -2.35. The number of likely N-dealkylation sites (tertiary alicyclic amines) is 1. The third kappa shape index (κ3) is 4.90. The van der Waals surface area contributed by atoms with Crippen molar-refractivity contribution in [3.8, 4) is 5.75 Å². The molecule has 0 spiro atoms. The Kier molecular flexibility index (Phi) is 7.14. The van der Waals surface area contributed by atoms with Crippen molar-refractivity contribution in [2.24, 2.45) is 0 Å².